The average Bonchev–Trinajstić information content (AvgIpc) is 2.25. The smallest absolute Gasteiger partial charge is 0.225 e. The van der Waals surface area contributed by atoms with E-state index >= 15 is 0 Å². The third-order valence-corrected chi connectivity index (χ3v) is 1.59. The Morgan fingerprint density at radius 3 is 2.36 bits per heavy atom. The van der Waals surface area contributed by atoms with Gasteiger partial charge < -0.3 is 0 Å². The molecule has 0 atom stereocenters. The number of hydrogen-bond acceptors (Lipinski definition) is 1. The van der Waals surface area contributed by atoms with Crippen molar-refractivity contribution in [2.24, 2.45) is 0 Å². The van der Waals surface area contributed by atoms with Gasteiger partial charge in [-0.2, -0.15) is 0 Å². The lowest BCUT2D eigenvalue weighted by Crippen LogP contribution is -1.66. The highest BCUT2D eigenvalue weighted by Crippen LogP contribution is 2.00. The second-order valence-corrected chi connectivity index (χ2v) is 2.63. The van der Waals surface area contributed by atoms with Gasteiger partial charge in [0.25, 0.3) is 0 Å². The minimum absolute atomic E-state index is 1.16. The van der Waals surface area contributed by atoms with E-state index in [1.165, 1.54) is 6.08 Å². The number of rotatable bonds is 4. The van der Waals surface area contributed by atoms with Crippen molar-refractivity contribution in [2.45, 2.75) is 0 Å². The standard InChI is InChI=1S/C13H11O/c14-12-8-3-1-2-5-9-13-10-6-4-7-11-13/h1-11H. The van der Waals surface area contributed by atoms with Gasteiger partial charge in [0.1, 0.15) is 0 Å². The van der Waals surface area contributed by atoms with Gasteiger partial charge in [0.05, 0.1) is 0 Å². The van der Waals surface area contributed by atoms with E-state index in [1.54, 1.807) is 18.4 Å². The van der Waals surface area contributed by atoms with Crippen LogP contribution in [0.4, 0.5) is 0 Å². The first-order valence-electron chi connectivity index (χ1n) is 4.36. The molecule has 0 N–H and O–H groups in total. The second kappa shape index (κ2) is 6.61. The summed E-state index contributed by atoms with van der Waals surface area (Å²) in [5.74, 6) is 0. The van der Waals surface area contributed by atoms with Gasteiger partial charge in [0, 0.05) is 0 Å². The summed E-state index contributed by atoms with van der Waals surface area (Å²) in [4.78, 5) is 9.80. The molecule has 0 aliphatic carbocycles. The van der Waals surface area contributed by atoms with Crippen LogP contribution < -0.4 is 0 Å². The zero-order chi connectivity index (χ0) is 10.1. The van der Waals surface area contributed by atoms with Gasteiger partial charge in [-0.3, -0.25) is 4.79 Å². The van der Waals surface area contributed by atoms with Crippen LogP contribution in [-0.2, 0) is 4.79 Å². The Kier molecular flexibility index (Phi) is 4.81. The number of carbonyl (C=O) groups excluding carboxylic acids is 1. The van der Waals surface area contributed by atoms with Crippen LogP contribution >= 0.6 is 0 Å². The predicted molar refractivity (Wildman–Crippen MR) is 59.4 cm³/mol. The van der Waals surface area contributed by atoms with Crippen molar-refractivity contribution >= 4 is 12.4 Å². The van der Waals surface area contributed by atoms with E-state index in [9.17, 15) is 4.79 Å². The summed E-state index contributed by atoms with van der Waals surface area (Å²) >= 11 is 0. The fourth-order valence-corrected chi connectivity index (χ4v) is 0.954. The molecule has 1 aromatic rings. The normalized spacial score (nSPS) is 11.7. The molecule has 0 saturated carbocycles. The Balaban J connectivity index is 2.45. The average molecular weight is 183 g/mol. The number of benzene rings is 1. The Bertz CT molecular complexity index is 345. The third-order valence-electron chi connectivity index (χ3n) is 1.59. The molecule has 0 aliphatic heterocycles. The summed E-state index contributed by atoms with van der Waals surface area (Å²) < 4.78 is 0. The largest absolute Gasteiger partial charge is 0.286 e. The molecule has 1 radical (unpaired) electrons. The predicted octanol–water partition coefficient (Wildman–Crippen LogP) is 2.92. The van der Waals surface area contributed by atoms with Crippen LogP contribution in [0.2, 0.25) is 0 Å². The topological polar surface area (TPSA) is 17.1 Å². The molecule has 0 saturated heterocycles. The summed E-state index contributed by atoms with van der Waals surface area (Å²) in [6.45, 7) is 0. The lowest BCUT2D eigenvalue weighted by atomic mass is 10.2. The van der Waals surface area contributed by atoms with Crippen LogP contribution in [0.5, 0.6) is 0 Å². The van der Waals surface area contributed by atoms with E-state index in [0.717, 1.165) is 5.56 Å². The van der Waals surface area contributed by atoms with E-state index in [4.69, 9.17) is 0 Å². The maximum absolute atomic E-state index is 9.80. The second-order valence-electron chi connectivity index (χ2n) is 2.63. The van der Waals surface area contributed by atoms with Gasteiger partial charge in [-0.15, -0.1) is 0 Å². The van der Waals surface area contributed by atoms with Crippen LogP contribution in [0, 0.1) is 0 Å². The van der Waals surface area contributed by atoms with Crippen LogP contribution in [0.25, 0.3) is 6.08 Å². The van der Waals surface area contributed by atoms with Gasteiger partial charge in [-0.25, -0.2) is 0 Å². The zero-order valence-corrected chi connectivity index (χ0v) is 7.76. The maximum Gasteiger partial charge on any atom is 0.225 e. The molecule has 1 heteroatoms. The number of allylic oxidation sites excluding steroid dienone is 5. The minimum Gasteiger partial charge on any atom is -0.286 e. The molecule has 0 aliphatic rings. The van der Waals surface area contributed by atoms with Crippen molar-refractivity contribution in [3.63, 3.8) is 0 Å². The molecule has 1 aromatic carbocycles. The molecular weight excluding hydrogens is 172 g/mol. The fraction of sp³-hybridized carbons (Fsp3) is 0. The minimum atomic E-state index is 1.16. The van der Waals surface area contributed by atoms with Gasteiger partial charge in [-0.1, -0.05) is 60.7 Å². The first-order valence-corrected chi connectivity index (χ1v) is 4.36. The molecular formula is C13H11O. The van der Waals surface area contributed by atoms with Crippen molar-refractivity contribution in [1.29, 1.82) is 0 Å². The molecule has 0 fully saturated rings. The number of hydrogen-bond donors (Lipinski definition) is 0. The third kappa shape index (κ3) is 4.21. The SMILES string of the molecule is O=[C]C=CC=CC=Cc1ccccc1. The van der Waals surface area contributed by atoms with Gasteiger partial charge in [0.15, 0.2) is 0 Å². The lowest BCUT2D eigenvalue weighted by Gasteiger charge is -1.87. The first-order chi connectivity index (χ1) is 6.93. The van der Waals surface area contributed by atoms with Crippen LogP contribution in [0.1, 0.15) is 5.56 Å². The summed E-state index contributed by atoms with van der Waals surface area (Å²) in [6, 6.07) is 10.0. The molecule has 1 rings (SSSR count). The Morgan fingerprint density at radius 1 is 0.929 bits per heavy atom. The quantitative estimate of drug-likeness (QED) is 0.518. The molecule has 0 bridgehead atoms. The monoisotopic (exact) mass is 183 g/mol. The van der Waals surface area contributed by atoms with E-state index in [2.05, 4.69) is 0 Å². The first kappa shape index (κ1) is 10.2. The van der Waals surface area contributed by atoms with Crippen LogP contribution in [0.3, 0.4) is 0 Å². The maximum atomic E-state index is 9.80. The highest BCUT2D eigenvalue weighted by Gasteiger charge is 1.78. The van der Waals surface area contributed by atoms with E-state index < -0.39 is 0 Å². The highest BCUT2D eigenvalue weighted by molar-refractivity contribution is 5.66. The van der Waals surface area contributed by atoms with E-state index in [0.29, 0.717) is 0 Å². The molecule has 14 heavy (non-hydrogen) atoms. The Morgan fingerprint density at radius 2 is 1.64 bits per heavy atom. The van der Waals surface area contributed by atoms with Crippen LogP contribution in [-0.4, -0.2) is 6.29 Å². The van der Waals surface area contributed by atoms with Crippen molar-refractivity contribution in [1.82, 2.24) is 0 Å². The summed E-state index contributed by atoms with van der Waals surface area (Å²) in [5, 5.41) is 0. The Hall–Kier alpha value is -1.89. The summed E-state index contributed by atoms with van der Waals surface area (Å²) in [6.07, 6.45) is 12.2. The van der Waals surface area contributed by atoms with Gasteiger partial charge in [-0.05, 0) is 11.6 Å². The summed E-state index contributed by atoms with van der Waals surface area (Å²) in [7, 11) is 0. The molecule has 0 amide bonds. The Labute approximate surface area is 84.1 Å². The zero-order valence-electron chi connectivity index (χ0n) is 7.76. The van der Waals surface area contributed by atoms with Gasteiger partial charge >= 0.3 is 0 Å². The van der Waals surface area contributed by atoms with Crippen molar-refractivity contribution in [3.8, 4) is 0 Å². The fourth-order valence-electron chi connectivity index (χ4n) is 0.954. The molecule has 1 nitrogen and oxygen atoms in total. The van der Waals surface area contributed by atoms with Gasteiger partial charge in [0.2, 0.25) is 6.29 Å². The lowest BCUT2D eigenvalue weighted by molar-refractivity contribution is 0.564. The van der Waals surface area contributed by atoms with Crippen molar-refractivity contribution in [2.75, 3.05) is 0 Å². The molecule has 0 unspecified atom stereocenters. The molecule has 0 aromatic heterocycles. The molecule has 69 valence electrons. The summed E-state index contributed by atoms with van der Waals surface area (Å²) in [5.41, 5.74) is 1.16. The van der Waals surface area contributed by atoms with Crippen molar-refractivity contribution in [3.05, 3.63) is 66.3 Å². The molecule has 0 heterocycles. The van der Waals surface area contributed by atoms with Crippen molar-refractivity contribution < 1.29 is 4.79 Å². The highest BCUT2D eigenvalue weighted by atomic mass is 16.1. The van der Waals surface area contributed by atoms with E-state index in [-0.39, 0.29) is 0 Å². The van der Waals surface area contributed by atoms with E-state index in [1.807, 2.05) is 48.6 Å². The molecule has 0 spiro atoms. The van der Waals surface area contributed by atoms with Crippen LogP contribution in [0.15, 0.2) is 60.7 Å².